The minimum absolute atomic E-state index is 0.191. The maximum Gasteiger partial charge on any atom is 0.335 e. The molecule has 0 atom stereocenters. The summed E-state index contributed by atoms with van der Waals surface area (Å²) in [6, 6.07) is 24.5. The van der Waals surface area contributed by atoms with Gasteiger partial charge in [-0.2, -0.15) is 9.97 Å². The van der Waals surface area contributed by atoms with Crippen LogP contribution in [0.15, 0.2) is 91.0 Å². The first-order chi connectivity index (χ1) is 18.5. The number of anilines is 2. The number of esters is 1. The van der Waals surface area contributed by atoms with Crippen molar-refractivity contribution in [3.8, 4) is 11.5 Å². The topological polar surface area (TPSA) is 116 Å². The highest BCUT2D eigenvalue weighted by atomic mass is 16.7. The largest absolute Gasteiger partial charge is 0.468 e. The molecule has 0 bridgehead atoms. The van der Waals surface area contributed by atoms with E-state index in [1.165, 1.54) is 0 Å². The Hall–Kier alpha value is -4.76. The average Bonchev–Trinajstić information content (AvgIpc) is 2.91. The van der Waals surface area contributed by atoms with Crippen LogP contribution in [-0.4, -0.2) is 39.6 Å². The molecule has 0 aliphatic carbocycles. The second kappa shape index (κ2) is 13.0. The summed E-state index contributed by atoms with van der Waals surface area (Å²) in [4.78, 5) is 25.4. The number of benzene rings is 3. The zero-order valence-corrected chi connectivity index (χ0v) is 21.0. The van der Waals surface area contributed by atoms with Gasteiger partial charge in [-0.15, -0.1) is 0 Å². The number of aliphatic hydroxyl groups is 1. The summed E-state index contributed by atoms with van der Waals surface area (Å²) in [5.74, 6) is 2.33. The van der Waals surface area contributed by atoms with Crippen LogP contribution in [-0.2, 0) is 22.4 Å². The number of aromatic nitrogens is 3. The van der Waals surface area contributed by atoms with Crippen LogP contribution in [0.1, 0.15) is 29.7 Å². The molecule has 0 unspecified atom stereocenters. The number of rotatable bonds is 12. The van der Waals surface area contributed by atoms with E-state index in [-0.39, 0.29) is 13.6 Å². The normalized spacial score (nSPS) is 10.5. The van der Waals surface area contributed by atoms with E-state index in [9.17, 15) is 4.79 Å². The van der Waals surface area contributed by atoms with Gasteiger partial charge in [-0.25, -0.2) is 9.78 Å². The quantitative estimate of drug-likeness (QED) is 0.160. The van der Waals surface area contributed by atoms with E-state index in [1.54, 1.807) is 31.2 Å². The summed E-state index contributed by atoms with van der Waals surface area (Å²) in [5.41, 5.74) is 3.15. The number of carbonyl (C=O) groups excluding carboxylic acids is 1. The van der Waals surface area contributed by atoms with Gasteiger partial charge < -0.3 is 24.6 Å². The molecule has 38 heavy (non-hydrogen) atoms. The first-order valence-corrected chi connectivity index (χ1v) is 11.9. The molecule has 194 valence electrons. The highest BCUT2D eigenvalue weighted by molar-refractivity contribution is 5.86. The Bertz CT molecular complexity index is 1360. The predicted molar refractivity (Wildman–Crippen MR) is 142 cm³/mol. The van der Waals surface area contributed by atoms with Crippen LogP contribution in [0.2, 0.25) is 0 Å². The zero-order chi connectivity index (χ0) is 26.7. The number of ether oxygens (including phenoxy) is 3. The standard InChI is InChI=1S/C29H28N4O5/c1-20(2)28(35)38-19-37-25-14-10-22(11-15-25)17-27-31-26(16-21-8-12-24(13-9-21)36-18-34)32-29(33-27)30-23-6-4-3-5-7-23/h3-15,34H,1,16-19H2,2H3,(H,30,31,32,33). The van der Waals surface area contributed by atoms with Crippen LogP contribution in [0.3, 0.4) is 0 Å². The van der Waals surface area contributed by atoms with E-state index in [0.29, 0.717) is 47.5 Å². The highest BCUT2D eigenvalue weighted by Gasteiger charge is 2.10. The Morgan fingerprint density at radius 1 is 0.816 bits per heavy atom. The monoisotopic (exact) mass is 512 g/mol. The van der Waals surface area contributed by atoms with E-state index in [2.05, 4.69) is 21.9 Å². The van der Waals surface area contributed by atoms with Crippen molar-refractivity contribution in [3.63, 3.8) is 0 Å². The van der Waals surface area contributed by atoms with Gasteiger partial charge in [0.05, 0.1) is 0 Å². The second-order valence-corrected chi connectivity index (χ2v) is 8.37. The van der Waals surface area contributed by atoms with Crippen molar-refractivity contribution in [2.24, 2.45) is 0 Å². The molecular formula is C29H28N4O5. The number of carbonyl (C=O) groups is 1. The Morgan fingerprint density at radius 3 is 1.89 bits per heavy atom. The number of hydrogen-bond donors (Lipinski definition) is 2. The smallest absolute Gasteiger partial charge is 0.335 e. The molecule has 3 aromatic carbocycles. The molecule has 0 spiro atoms. The van der Waals surface area contributed by atoms with Crippen molar-refractivity contribution >= 4 is 17.6 Å². The van der Waals surface area contributed by atoms with Gasteiger partial charge in [0.25, 0.3) is 0 Å². The molecule has 0 radical (unpaired) electrons. The lowest BCUT2D eigenvalue weighted by molar-refractivity contribution is -0.145. The maximum absolute atomic E-state index is 11.5. The van der Waals surface area contributed by atoms with E-state index in [0.717, 1.165) is 16.8 Å². The van der Waals surface area contributed by atoms with Crippen molar-refractivity contribution in [3.05, 3.63) is 114 Å². The van der Waals surface area contributed by atoms with Crippen LogP contribution in [0.25, 0.3) is 0 Å². The summed E-state index contributed by atoms with van der Waals surface area (Å²) in [7, 11) is 0. The SMILES string of the molecule is C=C(C)C(=O)OCOc1ccc(Cc2nc(Cc3ccc(OCO)cc3)nc(Nc3ccccc3)n2)cc1. The summed E-state index contributed by atoms with van der Waals surface area (Å²) in [5, 5.41) is 12.2. The third kappa shape index (κ3) is 7.87. The number of para-hydroxylation sites is 1. The fourth-order valence-corrected chi connectivity index (χ4v) is 3.45. The molecule has 9 heteroatoms. The lowest BCUT2D eigenvalue weighted by Crippen LogP contribution is -2.10. The molecule has 0 saturated carbocycles. The van der Waals surface area contributed by atoms with Gasteiger partial charge in [-0.1, -0.05) is 49.0 Å². The fourth-order valence-electron chi connectivity index (χ4n) is 3.45. The Morgan fingerprint density at radius 2 is 1.37 bits per heavy atom. The average molecular weight is 513 g/mol. The molecule has 0 saturated heterocycles. The molecule has 0 fully saturated rings. The van der Waals surface area contributed by atoms with Crippen LogP contribution < -0.4 is 14.8 Å². The predicted octanol–water partition coefficient (Wildman–Crippen LogP) is 4.58. The van der Waals surface area contributed by atoms with E-state index < -0.39 is 5.97 Å². The highest BCUT2D eigenvalue weighted by Crippen LogP contribution is 2.19. The van der Waals surface area contributed by atoms with E-state index in [1.807, 2.05) is 54.6 Å². The van der Waals surface area contributed by atoms with Gasteiger partial charge in [0, 0.05) is 24.1 Å². The lowest BCUT2D eigenvalue weighted by Gasteiger charge is -2.11. The minimum Gasteiger partial charge on any atom is -0.468 e. The van der Waals surface area contributed by atoms with Gasteiger partial charge in [0.2, 0.25) is 12.7 Å². The van der Waals surface area contributed by atoms with Crippen LogP contribution in [0.5, 0.6) is 11.5 Å². The summed E-state index contributed by atoms with van der Waals surface area (Å²) >= 11 is 0. The summed E-state index contributed by atoms with van der Waals surface area (Å²) in [6.07, 6.45) is 0.973. The minimum atomic E-state index is -0.499. The van der Waals surface area contributed by atoms with Crippen molar-refractivity contribution in [1.29, 1.82) is 0 Å². The summed E-state index contributed by atoms with van der Waals surface area (Å²) in [6.45, 7) is 4.55. The van der Waals surface area contributed by atoms with E-state index >= 15 is 0 Å². The Balaban J connectivity index is 1.49. The molecule has 0 aliphatic heterocycles. The molecular weight excluding hydrogens is 484 g/mol. The molecule has 1 aromatic heterocycles. The second-order valence-electron chi connectivity index (χ2n) is 8.37. The fraction of sp³-hybridized carbons (Fsp3) is 0.172. The first-order valence-electron chi connectivity index (χ1n) is 11.9. The molecule has 9 nitrogen and oxygen atoms in total. The number of nitrogens with one attached hydrogen (secondary N) is 1. The molecule has 2 N–H and O–H groups in total. The summed E-state index contributed by atoms with van der Waals surface area (Å²) < 4.78 is 15.5. The zero-order valence-electron chi connectivity index (χ0n) is 21.0. The lowest BCUT2D eigenvalue weighted by atomic mass is 10.1. The van der Waals surface area contributed by atoms with Crippen LogP contribution in [0.4, 0.5) is 11.6 Å². The molecule has 1 heterocycles. The third-order valence-electron chi connectivity index (χ3n) is 5.32. The van der Waals surface area contributed by atoms with Gasteiger partial charge in [0.15, 0.2) is 6.79 Å². The molecule has 4 aromatic rings. The Kier molecular flexibility index (Phi) is 8.98. The number of nitrogens with zero attached hydrogens (tertiary/aromatic N) is 3. The Labute approximate surface area is 220 Å². The van der Waals surface area contributed by atoms with Crippen LogP contribution in [0, 0.1) is 0 Å². The molecule has 0 aliphatic rings. The van der Waals surface area contributed by atoms with Crippen molar-refractivity contribution in [1.82, 2.24) is 15.0 Å². The number of hydrogen-bond acceptors (Lipinski definition) is 9. The van der Waals surface area contributed by atoms with Gasteiger partial charge in [0.1, 0.15) is 23.1 Å². The van der Waals surface area contributed by atoms with Crippen molar-refractivity contribution in [2.45, 2.75) is 19.8 Å². The molecule has 0 amide bonds. The van der Waals surface area contributed by atoms with E-state index in [4.69, 9.17) is 24.3 Å². The first kappa shape index (κ1) is 26.3. The number of aliphatic hydroxyl groups excluding tert-OH is 1. The third-order valence-corrected chi connectivity index (χ3v) is 5.32. The van der Waals surface area contributed by atoms with Gasteiger partial charge in [-0.3, -0.25) is 0 Å². The van der Waals surface area contributed by atoms with Crippen molar-refractivity contribution in [2.75, 3.05) is 18.9 Å². The van der Waals surface area contributed by atoms with Crippen LogP contribution >= 0.6 is 0 Å². The van der Waals surface area contributed by atoms with Gasteiger partial charge >= 0.3 is 5.97 Å². The van der Waals surface area contributed by atoms with Crippen molar-refractivity contribution < 1.29 is 24.1 Å². The molecule has 4 rings (SSSR count). The maximum atomic E-state index is 11.5. The van der Waals surface area contributed by atoms with Gasteiger partial charge in [-0.05, 0) is 54.4 Å².